The zero-order chi connectivity index (χ0) is 15.1. The first-order chi connectivity index (χ1) is 9.43. The van der Waals surface area contributed by atoms with Crippen LogP contribution in [0, 0.1) is 0 Å². The highest BCUT2D eigenvalue weighted by Gasteiger charge is 2.19. The second-order valence-corrected chi connectivity index (χ2v) is 3.86. The molecule has 7 nitrogen and oxygen atoms in total. The molecule has 1 atom stereocenters. The SMILES string of the molecule is CCOc1ccc(C(=O)OC(C)C(=O)NC(N)=O)cc1. The van der Waals surface area contributed by atoms with E-state index in [0.29, 0.717) is 12.4 Å². The molecule has 0 aliphatic carbocycles. The van der Waals surface area contributed by atoms with E-state index in [2.05, 4.69) is 0 Å². The maximum absolute atomic E-state index is 11.8. The first-order valence-corrected chi connectivity index (χ1v) is 5.98. The number of ether oxygens (including phenoxy) is 2. The maximum atomic E-state index is 11.8. The van der Waals surface area contributed by atoms with Gasteiger partial charge in [0.2, 0.25) is 0 Å². The number of nitrogens with two attached hydrogens (primary N) is 1. The van der Waals surface area contributed by atoms with Crippen LogP contribution in [0.5, 0.6) is 5.75 Å². The van der Waals surface area contributed by atoms with Crippen LogP contribution in [0.1, 0.15) is 24.2 Å². The van der Waals surface area contributed by atoms with Crippen molar-refractivity contribution in [2.75, 3.05) is 6.61 Å². The van der Waals surface area contributed by atoms with Gasteiger partial charge in [0.1, 0.15) is 5.75 Å². The van der Waals surface area contributed by atoms with Crippen molar-refractivity contribution in [1.82, 2.24) is 5.32 Å². The fourth-order valence-corrected chi connectivity index (χ4v) is 1.36. The molecular formula is C13H16N2O5. The summed E-state index contributed by atoms with van der Waals surface area (Å²) in [7, 11) is 0. The molecule has 0 bridgehead atoms. The van der Waals surface area contributed by atoms with E-state index in [4.69, 9.17) is 15.2 Å². The molecule has 3 amide bonds. The molecule has 0 saturated carbocycles. The molecule has 3 N–H and O–H groups in total. The predicted octanol–water partition coefficient (Wildman–Crippen LogP) is 0.825. The number of benzene rings is 1. The average Bonchev–Trinajstić information content (AvgIpc) is 2.39. The molecule has 1 aromatic carbocycles. The Balaban J connectivity index is 2.61. The van der Waals surface area contributed by atoms with Crippen molar-refractivity contribution in [3.05, 3.63) is 29.8 Å². The zero-order valence-electron chi connectivity index (χ0n) is 11.2. The number of hydrogen-bond donors (Lipinski definition) is 2. The summed E-state index contributed by atoms with van der Waals surface area (Å²) >= 11 is 0. The van der Waals surface area contributed by atoms with Crippen LogP contribution in [0.3, 0.4) is 0 Å². The van der Waals surface area contributed by atoms with E-state index >= 15 is 0 Å². The Bertz CT molecular complexity index is 498. The molecule has 0 spiro atoms. The number of amides is 3. The number of nitrogens with one attached hydrogen (secondary N) is 1. The molecule has 0 fully saturated rings. The van der Waals surface area contributed by atoms with Crippen molar-refractivity contribution < 1.29 is 23.9 Å². The van der Waals surface area contributed by atoms with Gasteiger partial charge in [-0.2, -0.15) is 0 Å². The van der Waals surface area contributed by atoms with E-state index in [1.807, 2.05) is 12.2 Å². The van der Waals surface area contributed by atoms with Gasteiger partial charge in [-0.15, -0.1) is 0 Å². The van der Waals surface area contributed by atoms with Gasteiger partial charge in [-0.3, -0.25) is 10.1 Å². The van der Waals surface area contributed by atoms with Crippen LogP contribution < -0.4 is 15.8 Å². The summed E-state index contributed by atoms with van der Waals surface area (Å²) in [5.41, 5.74) is 5.06. The van der Waals surface area contributed by atoms with Gasteiger partial charge in [0.05, 0.1) is 12.2 Å². The van der Waals surface area contributed by atoms with Gasteiger partial charge in [-0.25, -0.2) is 9.59 Å². The summed E-state index contributed by atoms with van der Waals surface area (Å²) in [6, 6.07) is 5.28. The molecule has 108 valence electrons. The van der Waals surface area contributed by atoms with Crippen LogP contribution in [0.4, 0.5) is 4.79 Å². The van der Waals surface area contributed by atoms with Crippen LogP contribution in [0.15, 0.2) is 24.3 Å². The lowest BCUT2D eigenvalue weighted by atomic mass is 10.2. The third kappa shape index (κ3) is 4.60. The summed E-state index contributed by atoms with van der Waals surface area (Å²) in [5.74, 6) is -0.833. The Morgan fingerprint density at radius 1 is 1.25 bits per heavy atom. The Hall–Kier alpha value is -2.57. The second-order valence-electron chi connectivity index (χ2n) is 3.86. The van der Waals surface area contributed by atoms with Gasteiger partial charge < -0.3 is 15.2 Å². The first kappa shape index (κ1) is 15.5. The molecule has 1 unspecified atom stereocenters. The van der Waals surface area contributed by atoms with Gasteiger partial charge >= 0.3 is 12.0 Å². The minimum atomic E-state index is -1.12. The van der Waals surface area contributed by atoms with Crippen molar-refractivity contribution in [2.24, 2.45) is 5.73 Å². The number of esters is 1. The number of primary amides is 1. The van der Waals surface area contributed by atoms with E-state index < -0.39 is 24.0 Å². The van der Waals surface area contributed by atoms with Crippen molar-refractivity contribution >= 4 is 17.9 Å². The van der Waals surface area contributed by atoms with Gasteiger partial charge in [0, 0.05) is 0 Å². The Morgan fingerprint density at radius 2 is 1.85 bits per heavy atom. The largest absolute Gasteiger partial charge is 0.494 e. The molecule has 0 aliphatic rings. The molecule has 0 radical (unpaired) electrons. The molecule has 0 aliphatic heterocycles. The first-order valence-electron chi connectivity index (χ1n) is 5.98. The fraction of sp³-hybridized carbons (Fsp3) is 0.308. The predicted molar refractivity (Wildman–Crippen MR) is 70.2 cm³/mol. The summed E-state index contributed by atoms with van der Waals surface area (Å²) in [4.78, 5) is 33.6. The van der Waals surface area contributed by atoms with Crippen LogP contribution >= 0.6 is 0 Å². The monoisotopic (exact) mass is 280 g/mol. The summed E-state index contributed by atoms with van der Waals surface area (Å²) in [5, 5.41) is 1.83. The number of urea groups is 1. The van der Waals surface area contributed by atoms with Crippen LogP contribution in [0.2, 0.25) is 0 Å². The Morgan fingerprint density at radius 3 is 2.35 bits per heavy atom. The second kappa shape index (κ2) is 7.13. The van der Waals surface area contributed by atoms with E-state index in [-0.39, 0.29) is 5.56 Å². The molecule has 0 aromatic heterocycles. The van der Waals surface area contributed by atoms with Crippen molar-refractivity contribution in [3.8, 4) is 5.75 Å². The Kier molecular flexibility index (Phi) is 5.52. The molecule has 7 heteroatoms. The van der Waals surface area contributed by atoms with Crippen molar-refractivity contribution in [2.45, 2.75) is 20.0 Å². The van der Waals surface area contributed by atoms with Crippen LogP contribution in [-0.2, 0) is 9.53 Å². The van der Waals surface area contributed by atoms with E-state index in [1.54, 1.807) is 12.1 Å². The van der Waals surface area contributed by atoms with Gasteiger partial charge in [-0.1, -0.05) is 0 Å². The van der Waals surface area contributed by atoms with Crippen molar-refractivity contribution in [3.63, 3.8) is 0 Å². The molecule has 0 heterocycles. The minimum absolute atomic E-state index is 0.271. The fourth-order valence-electron chi connectivity index (χ4n) is 1.36. The molecular weight excluding hydrogens is 264 g/mol. The summed E-state index contributed by atoms with van der Waals surface area (Å²) in [6.07, 6.45) is -1.12. The standard InChI is InChI=1S/C13H16N2O5/c1-3-19-10-6-4-9(5-7-10)12(17)20-8(2)11(16)15-13(14)18/h4-8H,3H2,1-2H3,(H3,14,15,16,18). The summed E-state index contributed by atoms with van der Waals surface area (Å²) < 4.78 is 10.1. The number of carbonyl (C=O) groups is 3. The highest BCUT2D eigenvalue weighted by molar-refractivity contribution is 5.98. The quantitative estimate of drug-likeness (QED) is 0.776. The average molecular weight is 280 g/mol. The summed E-state index contributed by atoms with van der Waals surface area (Å²) in [6.45, 7) is 3.71. The number of imide groups is 1. The lowest BCUT2D eigenvalue weighted by Gasteiger charge is -2.12. The highest BCUT2D eigenvalue weighted by atomic mass is 16.5. The van der Waals surface area contributed by atoms with Gasteiger partial charge in [-0.05, 0) is 38.1 Å². The third-order valence-corrected chi connectivity index (χ3v) is 2.30. The molecule has 1 aromatic rings. The number of rotatable bonds is 5. The number of hydrogen-bond acceptors (Lipinski definition) is 5. The Labute approximate surface area is 116 Å². The normalized spacial score (nSPS) is 11.3. The number of carbonyl (C=O) groups excluding carboxylic acids is 3. The van der Waals surface area contributed by atoms with Crippen LogP contribution in [-0.4, -0.2) is 30.6 Å². The lowest BCUT2D eigenvalue weighted by Crippen LogP contribution is -2.42. The van der Waals surface area contributed by atoms with E-state index in [0.717, 1.165) is 0 Å². The third-order valence-electron chi connectivity index (χ3n) is 2.30. The van der Waals surface area contributed by atoms with Gasteiger partial charge in [0.15, 0.2) is 6.10 Å². The lowest BCUT2D eigenvalue weighted by molar-refractivity contribution is -0.127. The molecule has 20 heavy (non-hydrogen) atoms. The van der Waals surface area contributed by atoms with E-state index in [9.17, 15) is 14.4 Å². The highest BCUT2D eigenvalue weighted by Crippen LogP contribution is 2.13. The molecule has 0 saturated heterocycles. The maximum Gasteiger partial charge on any atom is 0.338 e. The zero-order valence-corrected chi connectivity index (χ0v) is 11.2. The van der Waals surface area contributed by atoms with Crippen LogP contribution in [0.25, 0.3) is 0 Å². The van der Waals surface area contributed by atoms with E-state index in [1.165, 1.54) is 19.1 Å². The molecule has 1 rings (SSSR count). The topological polar surface area (TPSA) is 108 Å². The van der Waals surface area contributed by atoms with Crippen molar-refractivity contribution in [1.29, 1.82) is 0 Å². The minimum Gasteiger partial charge on any atom is -0.494 e. The van der Waals surface area contributed by atoms with Gasteiger partial charge in [0.25, 0.3) is 5.91 Å². The smallest absolute Gasteiger partial charge is 0.338 e.